The first-order chi connectivity index (χ1) is 10.6. The molecule has 3 rings (SSSR count). The summed E-state index contributed by atoms with van der Waals surface area (Å²) in [4.78, 5) is 12.7. The van der Waals surface area contributed by atoms with Crippen LogP contribution in [0, 0.1) is 11.8 Å². The summed E-state index contributed by atoms with van der Waals surface area (Å²) in [6, 6.07) is 5.96. The van der Waals surface area contributed by atoms with Crippen LogP contribution in [0.2, 0.25) is 0 Å². The average molecular weight is 302 g/mol. The van der Waals surface area contributed by atoms with Crippen LogP contribution in [0.4, 0.5) is 0 Å². The van der Waals surface area contributed by atoms with Crippen LogP contribution in [0.3, 0.4) is 0 Å². The highest BCUT2D eigenvalue weighted by molar-refractivity contribution is 6.02. The summed E-state index contributed by atoms with van der Waals surface area (Å²) in [7, 11) is 0. The van der Waals surface area contributed by atoms with Gasteiger partial charge in [0.25, 0.3) is 0 Å². The Morgan fingerprint density at radius 2 is 2.09 bits per heavy atom. The molecule has 120 valence electrons. The number of ether oxygens (including phenoxy) is 2. The van der Waals surface area contributed by atoms with Gasteiger partial charge in [0.1, 0.15) is 5.75 Å². The van der Waals surface area contributed by atoms with Crippen molar-refractivity contribution in [3.05, 3.63) is 29.3 Å². The lowest BCUT2D eigenvalue weighted by molar-refractivity contribution is -0.106. The molecule has 0 spiro atoms. The molecule has 1 heterocycles. The van der Waals surface area contributed by atoms with Crippen LogP contribution in [0.1, 0.15) is 68.3 Å². The van der Waals surface area contributed by atoms with Crippen LogP contribution in [0.25, 0.3) is 0 Å². The Kier molecular flexibility index (Phi) is 4.53. The van der Waals surface area contributed by atoms with Crippen molar-refractivity contribution in [3.8, 4) is 5.75 Å². The first-order valence-corrected chi connectivity index (χ1v) is 8.53. The molecule has 3 nitrogen and oxygen atoms in total. The molecule has 1 saturated carbocycles. The van der Waals surface area contributed by atoms with Crippen LogP contribution in [-0.4, -0.2) is 18.7 Å². The molecule has 0 N–H and O–H groups in total. The number of hydrogen-bond acceptors (Lipinski definition) is 3. The monoisotopic (exact) mass is 302 g/mol. The van der Waals surface area contributed by atoms with Gasteiger partial charge in [-0.05, 0) is 42.7 Å². The lowest BCUT2D eigenvalue weighted by Gasteiger charge is -2.26. The summed E-state index contributed by atoms with van der Waals surface area (Å²) in [5, 5.41) is 0. The van der Waals surface area contributed by atoms with E-state index in [0.717, 1.165) is 49.2 Å². The predicted molar refractivity (Wildman–Crippen MR) is 86.4 cm³/mol. The van der Waals surface area contributed by atoms with Gasteiger partial charge >= 0.3 is 0 Å². The first-order valence-electron chi connectivity index (χ1n) is 8.53. The van der Waals surface area contributed by atoms with Gasteiger partial charge in [0.15, 0.2) is 12.1 Å². The molecular weight excluding hydrogens is 276 g/mol. The van der Waals surface area contributed by atoms with Crippen molar-refractivity contribution in [1.29, 1.82) is 0 Å². The van der Waals surface area contributed by atoms with E-state index in [1.54, 1.807) is 0 Å². The molecule has 2 aliphatic rings. The number of para-hydroxylation sites is 1. The zero-order valence-electron chi connectivity index (χ0n) is 13.8. The van der Waals surface area contributed by atoms with E-state index < -0.39 is 0 Å². The second-order valence-electron chi connectivity index (χ2n) is 6.98. The minimum atomic E-state index is -0.211. The molecule has 3 unspecified atom stereocenters. The molecular formula is C19H26O3. The van der Waals surface area contributed by atoms with Crippen LogP contribution < -0.4 is 4.74 Å². The van der Waals surface area contributed by atoms with Crippen molar-refractivity contribution in [1.82, 2.24) is 0 Å². The maximum absolute atomic E-state index is 12.7. The van der Waals surface area contributed by atoms with Crippen molar-refractivity contribution in [2.75, 3.05) is 6.61 Å². The maximum Gasteiger partial charge on any atom is 0.199 e. The van der Waals surface area contributed by atoms with Gasteiger partial charge in [-0.15, -0.1) is 0 Å². The van der Waals surface area contributed by atoms with Crippen LogP contribution in [0.5, 0.6) is 5.75 Å². The van der Waals surface area contributed by atoms with Crippen molar-refractivity contribution in [2.24, 2.45) is 11.8 Å². The Hall–Kier alpha value is -1.35. The normalized spacial score (nSPS) is 27.7. The molecule has 1 aromatic rings. The number of carbonyl (C=O) groups excluding carboxylic acids is 1. The topological polar surface area (TPSA) is 35.5 Å². The molecule has 0 bridgehead atoms. The van der Waals surface area contributed by atoms with Gasteiger partial charge in [0.2, 0.25) is 0 Å². The van der Waals surface area contributed by atoms with Gasteiger partial charge in [0.05, 0.1) is 12.2 Å². The van der Waals surface area contributed by atoms with Gasteiger partial charge in [-0.2, -0.15) is 0 Å². The number of Topliss-reactive ketones (excluding diaryl/α,β-unsaturated/α-hetero) is 1. The minimum Gasteiger partial charge on any atom is -0.464 e. The molecule has 1 aliphatic heterocycles. The highest BCUT2D eigenvalue weighted by Crippen LogP contribution is 2.43. The quantitative estimate of drug-likeness (QED) is 0.748. The average Bonchev–Trinajstić information content (AvgIpc) is 3.24. The summed E-state index contributed by atoms with van der Waals surface area (Å²) >= 11 is 0. The van der Waals surface area contributed by atoms with E-state index in [9.17, 15) is 4.79 Å². The Morgan fingerprint density at radius 3 is 2.68 bits per heavy atom. The van der Waals surface area contributed by atoms with Crippen molar-refractivity contribution < 1.29 is 14.3 Å². The molecule has 1 aromatic carbocycles. The molecule has 3 heteroatoms. The third-order valence-corrected chi connectivity index (χ3v) is 4.77. The molecule has 3 atom stereocenters. The molecule has 2 fully saturated rings. The van der Waals surface area contributed by atoms with Crippen molar-refractivity contribution >= 4 is 5.78 Å². The Balaban J connectivity index is 1.90. The van der Waals surface area contributed by atoms with Gasteiger partial charge in [-0.3, -0.25) is 4.79 Å². The molecule has 1 saturated heterocycles. The smallest absolute Gasteiger partial charge is 0.199 e. The zero-order valence-corrected chi connectivity index (χ0v) is 13.8. The third-order valence-electron chi connectivity index (χ3n) is 4.77. The fourth-order valence-electron chi connectivity index (χ4n) is 3.16. The predicted octanol–water partition coefficient (Wildman–Crippen LogP) is 4.55. The summed E-state index contributed by atoms with van der Waals surface area (Å²) in [5.41, 5.74) is 1.85. The van der Waals surface area contributed by atoms with Gasteiger partial charge in [0, 0.05) is 12.3 Å². The summed E-state index contributed by atoms with van der Waals surface area (Å²) in [6.07, 6.45) is 3.91. The summed E-state index contributed by atoms with van der Waals surface area (Å²) in [5.74, 6) is 2.00. The van der Waals surface area contributed by atoms with Gasteiger partial charge in [-0.1, -0.05) is 32.9 Å². The fraction of sp³-hybridized carbons (Fsp3) is 0.632. The minimum absolute atomic E-state index is 0.178. The molecule has 1 aliphatic carbocycles. The van der Waals surface area contributed by atoms with E-state index in [1.807, 2.05) is 12.1 Å². The molecule has 22 heavy (non-hydrogen) atoms. The highest BCUT2D eigenvalue weighted by atomic mass is 16.7. The second-order valence-corrected chi connectivity index (χ2v) is 6.98. The first kappa shape index (κ1) is 15.5. The van der Waals surface area contributed by atoms with Crippen molar-refractivity contribution in [2.45, 2.75) is 58.7 Å². The van der Waals surface area contributed by atoms with E-state index in [0.29, 0.717) is 11.8 Å². The number of carbonyl (C=O) groups is 1. The zero-order chi connectivity index (χ0) is 15.7. The van der Waals surface area contributed by atoms with Crippen molar-refractivity contribution in [3.63, 3.8) is 0 Å². The van der Waals surface area contributed by atoms with E-state index in [4.69, 9.17) is 9.47 Å². The lowest BCUT2D eigenvalue weighted by Crippen LogP contribution is -2.26. The number of rotatable bonds is 5. The van der Waals surface area contributed by atoms with E-state index in [2.05, 4.69) is 26.8 Å². The molecule has 0 aromatic heterocycles. The number of hydrogen-bond donors (Lipinski definition) is 0. The lowest BCUT2D eigenvalue weighted by atomic mass is 9.95. The molecule has 0 radical (unpaired) electrons. The highest BCUT2D eigenvalue weighted by Gasteiger charge is 2.41. The largest absolute Gasteiger partial charge is 0.464 e. The molecule has 0 amide bonds. The number of ketones is 1. The Bertz CT molecular complexity index is 544. The van der Waals surface area contributed by atoms with Crippen LogP contribution >= 0.6 is 0 Å². The SMILES string of the molecule is CC(C)c1cccc(C(=O)C2CC2C)c1OC1CCCCO1. The maximum atomic E-state index is 12.7. The summed E-state index contributed by atoms with van der Waals surface area (Å²) in [6.45, 7) is 7.16. The van der Waals surface area contributed by atoms with E-state index in [-0.39, 0.29) is 18.0 Å². The van der Waals surface area contributed by atoms with Crippen LogP contribution in [-0.2, 0) is 4.74 Å². The second kappa shape index (κ2) is 6.41. The Labute approximate surface area is 133 Å². The fourth-order valence-corrected chi connectivity index (χ4v) is 3.16. The van der Waals surface area contributed by atoms with E-state index in [1.165, 1.54) is 0 Å². The summed E-state index contributed by atoms with van der Waals surface area (Å²) < 4.78 is 11.9. The van der Waals surface area contributed by atoms with Gasteiger partial charge in [-0.25, -0.2) is 0 Å². The number of benzene rings is 1. The van der Waals surface area contributed by atoms with Gasteiger partial charge < -0.3 is 9.47 Å². The Morgan fingerprint density at radius 1 is 1.32 bits per heavy atom. The standard InChI is InChI=1S/C19H26O3/c1-12(2)14-7-6-8-15(18(20)16-11-13(16)3)19(14)22-17-9-4-5-10-21-17/h6-8,12-13,16-17H,4-5,9-11H2,1-3H3. The van der Waals surface area contributed by atoms with E-state index >= 15 is 0 Å². The van der Waals surface area contributed by atoms with Crippen LogP contribution in [0.15, 0.2) is 18.2 Å². The third kappa shape index (κ3) is 3.19.